The highest BCUT2D eigenvalue weighted by molar-refractivity contribution is 6.34. The number of benzene rings is 2. The third-order valence-corrected chi connectivity index (χ3v) is 4.28. The normalized spacial score (nSPS) is 10.5. The zero-order valence-corrected chi connectivity index (χ0v) is 15.4. The molecule has 0 saturated heterocycles. The number of halogens is 1. The van der Waals surface area contributed by atoms with E-state index in [1.807, 2.05) is 0 Å². The minimum absolute atomic E-state index is 0.0547. The summed E-state index contributed by atoms with van der Waals surface area (Å²) in [5.74, 6) is 0.386. The van der Waals surface area contributed by atoms with Gasteiger partial charge in [-0.1, -0.05) is 11.6 Å². The van der Waals surface area contributed by atoms with Crippen LogP contribution in [0.1, 0.15) is 16.1 Å². The second kappa shape index (κ2) is 8.12. The molecule has 1 amide bonds. The summed E-state index contributed by atoms with van der Waals surface area (Å²) in [5, 5.41) is 23.2. The number of anilines is 1. The Morgan fingerprint density at radius 2 is 2.04 bits per heavy atom. The maximum atomic E-state index is 12.5. The van der Waals surface area contributed by atoms with E-state index in [2.05, 4.69) is 5.32 Å². The van der Waals surface area contributed by atoms with Gasteiger partial charge < -0.3 is 19.6 Å². The van der Waals surface area contributed by atoms with Crippen LogP contribution in [0.15, 0.2) is 52.9 Å². The van der Waals surface area contributed by atoms with Crippen molar-refractivity contribution in [2.75, 3.05) is 12.4 Å². The van der Waals surface area contributed by atoms with E-state index >= 15 is 0 Å². The lowest BCUT2D eigenvalue weighted by Gasteiger charge is -2.10. The number of nitro groups is 1. The summed E-state index contributed by atoms with van der Waals surface area (Å²) in [6.07, 6.45) is 0. The lowest BCUT2D eigenvalue weighted by molar-refractivity contribution is -0.385. The van der Waals surface area contributed by atoms with Crippen molar-refractivity contribution in [3.05, 3.63) is 75.0 Å². The highest BCUT2D eigenvalue weighted by Gasteiger charge is 2.19. The molecule has 0 saturated carbocycles. The number of carbonyl (C=O) groups is 1. The van der Waals surface area contributed by atoms with Crippen LogP contribution in [0.2, 0.25) is 5.02 Å². The molecule has 0 unspecified atom stereocenters. The standard InChI is InChI=1S/C19H15ClN2O6/c1-27-18-6-3-12(9-16(18)22(25)26)19(24)21-15-8-11(2-5-14(15)20)17-7-4-13(10-23)28-17/h2-9,23H,10H2,1H3,(H,21,24). The number of aliphatic hydroxyl groups is 1. The maximum Gasteiger partial charge on any atom is 0.311 e. The van der Waals surface area contributed by atoms with Gasteiger partial charge in [0.05, 0.1) is 22.7 Å². The van der Waals surface area contributed by atoms with Crippen molar-refractivity contribution in [3.8, 4) is 17.1 Å². The fourth-order valence-electron chi connectivity index (χ4n) is 2.56. The Kier molecular flexibility index (Phi) is 5.62. The second-order valence-electron chi connectivity index (χ2n) is 5.72. The first-order valence-corrected chi connectivity index (χ1v) is 8.44. The summed E-state index contributed by atoms with van der Waals surface area (Å²) < 4.78 is 10.4. The molecular formula is C19H15ClN2O6. The molecule has 144 valence electrons. The van der Waals surface area contributed by atoms with Crippen molar-refractivity contribution in [2.45, 2.75) is 6.61 Å². The fraction of sp³-hybridized carbons (Fsp3) is 0.105. The van der Waals surface area contributed by atoms with Gasteiger partial charge in [-0.15, -0.1) is 0 Å². The first-order valence-electron chi connectivity index (χ1n) is 8.06. The summed E-state index contributed by atoms with van der Waals surface area (Å²) in [5.41, 5.74) is 0.710. The zero-order chi connectivity index (χ0) is 20.3. The molecule has 0 aliphatic heterocycles. The largest absolute Gasteiger partial charge is 0.490 e. The molecule has 3 rings (SSSR count). The predicted octanol–water partition coefficient (Wildman–Crippen LogP) is 4.26. The number of amides is 1. The van der Waals surface area contributed by atoms with Gasteiger partial charge in [0.2, 0.25) is 0 Å². The first-order chi connectivity index (χ1) is 13.4. The Hall–Kier alpha value is -3.36. The molecule has 2 N–H and O–H groups in total. The van der Waals surface area contributed by atoms with Crippen LogP contribution in [0.3, 0.4) is 0 Å². The molecule has 0 aliphatic carbocycles. The number of methoxy groups -OCH3 is 1. The van der Waals surface area contributed by atoms with E-state index in [-0.39, 0.29) is 28.6 Å². The number of nitro benzene ring substituents is 1. The van der Waals surface area contributed by atoms with Gasteiger partial charge in [0, 0.05) is 17.2 Å². The van der Waals surface area contributed by atoms with Gasteiger partial charge in [-0.3, -0.25) is 14.9 Å². The van der Waals surface area contributed by atoms with Crippen LogP contribution < -0.4 is 10.1 Å². The Labute approximate surface area is 164 Å². The van der Waals surface area contributed by atoms with Crippen LogP contribution in [0.4, 0.5) is 11.4 Å². The molecule has 3 aromatic rings. The average molecular weight is 403 g/mol. The van der Waals surface area contributed by atoms with Gasteiger partial charge in [0.25, 0.3) is 5.91 Å². The van der Waals surface area contributed by atoms with E-state index in [4.69, 9.17) is 25.9 Å². The molecule has 0 bridgehead atoms. The third kappa shape index (κ3) is 3.98. The van der Waals surface area contributed by atoms with Crippen LogP contribution in [0, 0.1) is 10.1 Å². The molecule has 0 spiro atoms. The summed E-state index contributed by atoms with van der Waals surface area (Å²) >= 11 is 6.16. The zero-order valence-electron chi connectivity index (χ0n) is 14.6. The van der Waals surface area contributed by atoms with Crippen molar-refractivity contribution in [3.63, 3.8) is 0 Å². The molecule has 0 fully saturated rings. The number of hydrogen-bond donors (Lipinski definition) is 2. The third-order valence-electron chi connectivity index (χ3n) is 3.95. The van der Waals surface area contributed by atoms with Gasteiger partial charge in [-0.2, -0.15) is 0 Å². The average Bonchev–Trinajstić information content (AvgIpc) is 3.18. The number of nitrogens with zero attached hydrogens (tertiary/aromatic N) is 1. The number of aliphatic hydroxyl groups excluding tert-OH is 1. The van der Waals surface area contributed by atoms with Crippen LogP contribution >= 0.6 is 11.6 Å². The van der Waals surface area contributed by atoms with E-state index in [0.717, 1.165) is 6.07 Å². The molecule has 9 heteroatoms. The second-order valence-corrected chi connectivity index (χ2v) is 6.12. The Morgan fingerprint density at radius 1 is 1.25 bits per heavy atom. The highest BCUT2D eigenvalue weighted by Crippen LogP contribution is 2.31. The highest BCUT2D eigenvalue weighted by atomic mass is 35.5. The molecule has 1 heterocycles. The lowest BCUT2D eigenvalue weighted by Crippen LogP contribution is -2.12. The summed E-state index contributed by atoms with van der Waals surface area (Å²) in [7, 11) is 1.31. The van der Waals surface area contributed by atoms with Gasteiger partial charge in [0.15, 0.2) is 5.75 Å². The molecule has 28 heavy (non-hydrogen) atoms. The van der Waals surface area contributed by atoms with E-state index in [9.17, 15) is 14.9 Å². The van der Waals surface area contributed by atoms with E-state index in [0.29, 0.717) is 22.8 Å². The fourth-order valence-corrected chi connectivity index (χ4v) is 2.73. The van der Waals surface area contributed by atoms with Crippen LogP contribution in [-0.4, -0.2) is 23.0 Å². The predicted molar refractivity (Wildman–Crippen MR) is 103 cm³/mol. The van der Waals surface area contributed by atoms with E-state index in [1.54, 1.807) is 30.3 Å². The molecule has 2 aromatic carbocycles. The molecule has 0 aliphatic rings. The number of nitrogens with one attached hydrogen (secondary N) is 1. The van der Waals surface area contributed by atoms with Gasteiger partial charge in [-0.05, 0) is 42.5 Å². The summed E-state index contributed by atoms with van der Waals surface area (Å²) in [6.45, 7) is -0.229. The molecule has 0 radical (unpaired) electrons. The molecular weight excluding hydrogens is 388 g/mol. The number of carbonyl (C=O) groups excluding carboxylic acids is 1. The Morgan fingerprint density at radius 3 is 2.68 bits per heavy atom. The molecule has 1 aromatic heterocycles. The van der Waals surface area contributed by atoms with Gasteiger partial charge in [0.1, 0.15) is 18.1 Å². The van der Waals surface area contributed by atoms with Crippen LogP contribution in [0.5, 0.6) is 5.75 Å². The summed E-state index contributed by atoms with van der Waals surface area (Å²) in [6, 6.07) is 12.1. The number of ether oxygens (including phenoxy) is 1. The van der Waals surface area contributed by atoms with Crippen molar-refractivity contribution < 1.29 is 24.0 Å². The molecule has 8 nitrogen and oxygen atoms in total. The Balaban J connectivity index is 1.89. The van der Waals surface area contributed by atoms with E-state index < -0.39 is 10.8 Å². The van der Waals surface area contributed by atoms with Gasteiger partial charge in [-0.25, -0.2) is 0 Å². The topological polar surface area (TPSA) is 115 Å². The SMILES string of the molecule is COc1ccc(C(=O)Nc2cc(-c3ccc(CO)o3)ccc2Cl)cc1[N+](=O)[O-]. The number of furan rings is 1. The lowest BCUT2D eigenvalue weighted by atomic mass is 10.1. The molecule has 0 atom stereocenters. The summed E-state index contributed by atoms with van der Waals surface area (Å²) in [4.78, 5) is 23.1. The monoisotopic (exact) mass is 402 g/mol. The smallest absolute Gasteiger partial charge is 0.311 e. The minimum Gasteiger partial charge on any atom is -0.490 e. The number of hydrogen-bond acceptors (Lipinski definition) is 6. The number of rotatable bonds is 6. The van der Waals surface area contributed by atoms with Crippen molar-refractivity contribution in [2.24, 2.45) is 0 Å². The Bertz CT molecular complexity index is 1050. The maximum absolute atomic E-state index is 12.5. The minimum atomic E-state index is -0.626. The van der Waals surface area contributed by atoms with Crippen molar-refractivity contribution >= 4 is 28.9 Å². The van der Waals surface area contributed by atoms with Crippen molar-refractivity contribution in [1.29, 1.82) is 0 Å². The van der Waals surface area contributed by atoms with Crippen molar-refractivity contribution in [1.82, 2.24) is 0 Å². The van der Waals surface area contributed by atoms with Crippen LogP contribution in [-0.2, 0) is 6.61 Å². The van der Waals surface area contributed by atoms with E-state index in [1.165, 1.54) is 19.2 Å². The van der Waals surface area contributed by atoms with Crippen LogP contribution in [0.25, 0.3) is 11.3 Å². The van der Waals surface area contributed by atoms with Gasteiger partial charge >= 0.3 is 5.69 Å². The first kappa shape index (κ1) is 19.4. The quantitative estimate of drug-likeness (QED) is 0.470.